The molecule has 1 saturated heterocycles. The second kappa shape index (κ2) is 16.4. The van der Waals surface area contributed by atoms with E-state index in [2.05, 4.69) is 45.3 Å². The van der Waals surface area contributed by atoms with E-state index in [1.54, 1.807) is 25.1 Å². The smallest absolute Gasteiger partial charge is 0.270 e. The number of carbonyl (C=O) groups excluding carboxylic acids is 2. The van der Waals surface area contributed by atoms with Gasteiger partial charge in [0.05, 0.1) is 31.3 Å². The van der Waals surface area contributed by atoms with Crippen molar-refractivity contribution in [3.05, 3.63) is 57.6 Å². The minimum absolute atomic E-state index is 0.00869. The zero-order valence-corrected chi connectivity index (χ0v) is 32.7. The molecule has 9 atom stereocenters. The highest BCUT2D eigenvalue weighted by molar-refractivity contribution is 5.97. The fraction of sp³-hybridized carbons (Fsp3) is 0.650. The Morgan fingerprint density at radius 1 is 1.17 bits per heavy atom. The van der Waals surface area contributed by atoms with E-state index in [-0.39, 0.29) is 41.2 Å². The third-order valence-corrected chi connectivity index (χ3v) is 12.1. The van der Waals surface area contributed by atoms with Crippen molar-refractivity contribution in [2.45, 2.75) is 97.7 Å². The molecule has 2 amide bonds. The lowest BCUT2D eigenvalue weighted by molar-refractivity contribution is -0.384. The van der Waals surface area contributed by atoms with E-state index in [1.807, 2.05) is 25.1 Å². The maximum atomic E-state index is 14.2. The molecule has 0 radical (unpaired) electrons. The van der Waals surface area contributed by atoms with E-state index >= 15 is 0 Å². The Bertz CT molecular complexity index is 1640. The summed E-state index contributed by atoms with van der Waals surface area (Å²) < 4.78 is 5.93. The Labute approximate surface area is 313 Å². The molecule has 0 aromatic heterocycles. The second-order valence-corrected chi connectivity index (χ2v) is 16.8. The Hall–Kier alpha value is -3.62. The Morgan fingerprint density at radius 2 is 1.89 bits per heavy atom. The monoisotopic (exact) mass is 737 g/mol. The molecule has 0 spiro atoms. The number of benzene rings is 2. The fourth-order valence-electron chi connectivity index (χ4n) is 9.29. The van der Waals surface area contributed by atoms with Crippen LogP contribution in [-0.2, 0) is 16.2 Å². The molecule has 4 N–H and O–H groups in total. The minimum Gasteiger partial charge on any atom is -0.496 e. The fourth-order valence-corrected chi connectivity index (χ4v) is 9.29. The summed E-state index contributed by atoms with van der Waals surface area (Å²) in [5.41, 5.74) is 1.70. The predicted molar refractivity (Wildman–Crippen MR) is 202 cm³/mol. The van der Waals surface area contributed by atoms with E-state index in [1.165, 1.54) is 30.7 Å². The summed E-state index contributed by atoms with van der Waals surface area (Å²) in [6.45, 7) is 12.9. The van der Waals surface area contributed by atoms with Crippen LogP contribution in [0.4, 0.5) is 5.69 Å². The van der Waals surface area contributed by atoms with Gasteiger partial charge in [-0.25, -0.2) is 0 Å². The number of nitrogens with zero attached hydrogens (tertiary/aromatic N) is 3. The van der Waals surface area contributed by atoms with Gasteiger partial charge in [0.25, 0.3) is 11.6 Å². The topological polar surface area (TPSA) is 167 Å². The summed E-state index contributed by atoms with van der Waals surface area (Å²) >= 11 is 0. The van der Waals surface area contributed by atoms with Crippen molar-refractivity contribution in [3.8, 4) is 16.9 Å². The van der Waals surface area contributed by atoms with E-state index < -0.39 is 41.6 Å². The summed E-state index contributed by atoms with van der Waals surface area (Å²) in [5, 5.41) is 41.2. The van der Waals surface area contributed by atoms with Crippen molar-refractivity contribution in [1.29, 1.82) is 0 Å². The largest absolute Gasteiger partial charge is 0.496 e. The molecule has 3 saturated carbocycles. The molecule has 3 aliphatic carbocycles. The van der Waals surface area contributed by atoms with Gasteiger partial charge in [0.15, 0.2) is 0 Å². The summed E-state index contributed by atoms with van der Waals surface area (Å²) in [7, 11) is 5.35. The molecule has 292 valence electrons. The third kappa shape index (κ3) is 8.54. The highest BCUT2D eigenvalue weighted by atomic mass is 16.7. The number of hydroxylamine groups is 2. The molecule has 4 aliphatic rings. The van der Waals surface area contributed by atoms with Crippen molar-refractivity contribution in [1.82, 2.24) is 20.6 Å². The summed E-state index contributed by atoms with van der Waals surface area (Å²) in [6, 6.07) is 8.59. The van der Waals surface area contributed by atoms with E-state index in [9.17, 15) is 29.9 Å². The van der Waals surface area contributed by atoms with Crippen molar-refractivity contribution in [2.75, 3.05) is 34.4 Å². The molecular weight excluding hydrogens is 678 g/mol. The number of para-hydroxylation sites is 1. The number of ether oxygens (including phenoxy) is 1. The lowest BCUT2D eigenvalue weighted by Crippen LogP contribution is -2.62. The first-order valence-corrected chi connectivity index (χ1v) is 18.9. The van der Waals surface area contributed by atoms with Gasteiger partial charge in [-0.1, -0.05) is 52.8 Å². The first-order chi connectivity index (χ1) is 25.0. The number of aliphatic hydroxyl groups excluding tert-OH is 2. The maximum absolute atomic E-state index is 14.2. The molecule has 1 heterocycles. The van der Waals surface area contributed by atoms with E-state index in [0.29, 0.717) is 52.7 Å². The number of nitro benzene ring substituents is 1. The van der Waals surface area contributed by atoms with Gasteiger partial charge in [0.1, 0.15) is 17.9 Å². The van der Waals surface area contributed by atoms with Crippen molar-refractivity contribution < 1.29 is 34.3 Å². The third-order valence-electron chi connectivity index (χ3n) is 12.1. The van der Waals surface area contributed by atoms with Gasteiger partial charge >= 0.3 is 0 Å². The Balaban J connectivity index is 1.45. The van der Waals surface area contributed by atoms with Crippen LogP contribution in [0.2, 0.25) is 0 Å². The first kappa shape index (κ1) is 40.6. The predicted octanol–water partition coefficient (Wildman–Crippen LogP) is 4.64. The zero-order chi connectivity index (χ0) is 38.9. The summed E-state index contributed by atoms with van der Waals surface area (Å²) in [6.07, 6.45) is 1.03. The van der Waals surface area contributed by atoms with Gasteiger partial charge in [0.2, 0.25) is 5.91 Å². The van der Waals surface area contributed by atoms with Crippen LogP contribution >= 0.6 is 0 Å². The van der Waals surface area contributed by atoms with Gasteiger partial charge in [-0.2, -0.15) is 5.06 Å². The molecule has 1 aliphatic heterocycles. The van der Waals surface area contributed by atoms with Gasteiger partial charge in [-0.05, 0) is 81.0 Å². The second-order valence-electron chi connectivity index (χ2n) is 16.8. The highest BCUT2D eigenvalue weighted by Crippen LogP contribution is 2.61. The normalized spacial score (nSPS) is 27.6. The van der Waals surface area contributed by atoms with Crippen molar-refractivity contribution in [2.24, 2.45) is 35.0 Å². The van der Waals surface area contributed by atoms with Crippen LogP contribution in [0.25, 0.3) is 11.1 Å². The number of nitro groups is 1. The molecule has 2 aromatic rings. The quantitative estimate of drug-likeness (QED) is 0.150. The average molecular weight is 738 g/mol. The van der Waals surface area contributed by atoms with Gasteiger partial charge in [-0.3, -0.25) is 24.5 Å². The highest BCUT2D eigenvalue weighted by Gasteiger charge is 2.57. The summed E-state index contributed by atoms with van der Waals surface area (Å²) in [5.74, 6) is 0.681. The number of hydrogen-bond donors (Lipinski definition) is 4. The number of amides is 2. The van der Waals surface area contributed by atoms with Crippen LogP contribution in [-0.4, -0.2) is 102 Å². The molecule has 53 heavy (non-hydrogen) atoms. The van der Waals surface area contributed by atoms with Gasteiger partial charge < -0.3 is 30.5 Å². The first-order valence-electron chi connectivity index (χ1n) is 18.9. The number of carbonyl (C=O) groups is 2. The van der Waals surface area contributed by atoms with Crippen LogP contribution in [0.5, 0.6) is 5.75 Å². The molecule has 2 aromatic carbocycles. The van der Waals surface area contributed by atoms with Gasteiger partial charge in [-0.15, -0.1) is 0 Å². The van der Waals surface area contributed by atoms with Crippen LogP contribution in [0.3, 0.4) is 0 Å². The molecule has 2 bridgehead atoms. The number of aliphatic hydroxyl groups is 2. The maximum Gasteiger partial charge on any atom is 0.270 e. The molecule has 13 nitrogen and oxygen atoms in total. The molecule has 1 unspecified atom stereocenters. The number of methoxy groups -OCH3 is 1. The lowest BCUT2D eigenvalue weighted by atomic mass is 9.45. The van der Waals surface area contributed by atoms with Crippen LogP contribution in [0.15, 0.2) is 36.4 Å². The van der Waals surface area contributed by atoms with E-state index in [4.69, 9.17) is 9.57 Å². The van der Waals surface area contributed by atoms with Crippen molar-refractivity contribution in [3.63, 3.8) is 0 Å². The van der Waals surface area contributed by atoms with Crippen LogP contribution in [0.1, 0.15) is 76.7 Å². The standard InChI is InChI=1S/C40H59N5O8/c1-22(2)13-29(20-43(7)8)41-38(48)27-14-26(15-30(16-27)45(50)51)31-12-10-11-25(37(31)52-9)19-44-36(35(24(4)47)34(21-46)53-44)39(49)42-33-18-28-17-32(23(33)3)40(28,5)6/h10-12,14-16,22-24,28-29,32-36,46-47H,13,17-21H2,1-9H3,(H,41,48)(H,42,49)/t23-,24-,28+,29?,32-,33-,34-,35+,36-/m0/s1. The Morgan fingerprint density at radius 3 is 2.45 bits per heavy atom. The number of fused-ring (bicyclic) bond motifs is 2. The molecule has 6 rings (SSSR count). The number of rotatable bonds is 15. The minimum atomic E-state index is -0.954. The summed E-state index contributed by atoms with van der Waals surface area (Å²) in [4.78, 5) is 47.6. The zero-order valence-electron chi connectivity index (χ0n) is 32.7. The molecule has 13 heteroatoms. The number of nitrogens with one attached hydrogen (secondary N) is 2. The lowest BCUT2D eigenvalue weighted by Gasteiger charge is -2.62. The van der Waals surface area contributed by atoms with E-state index in [0.717, 1.165) is 12.8 Å². The van der Waals surface area contributed by atoms with Crippen LogP contribution < -0.4 is 15.4 Å². The SMILES string of the molecule is COc1c(CN2O[C@@H](CO)[C@@H]([C@H](C)O)[C@H]2C(=O)N[C@H]2C[C@H]3C[C@@H]([C@@H]2C)C3(C)C)cccc1-c1cc(C(=O)NC(CC(C)C)CN(C)C)cc([N+](=O)[O-])c1. The number of hydrogen-bond acceptors (Lipinski definition) is 10. The molecule has 4 fully saturated rings. The molecular formula is C40H59N5O8. The van der Waals surface area contributed by atoms with Gasteiger partial charge in [0, 0.05) is 53.4 Å². The number of non-ortho nitro benzene ring substituents is 1. The number of likely N-dealkylation sites (N-methyl/N-ethyl adjacent to an activating group) is 1. The average Bonchev–Trinajstić information content (AvgIpc) is 3.46. The van der Waals surface area contributed by atoms with Crippen molar-refractivity contribution >= 4 is 17.5 Å². The Kier molecular flexibility index (Phi) is 12.6. The van der Waals surface area contributed by atoms with Crippen LogP contribution in [0, 0.1) is 45.1 Å².